The molecule has 0 atom stereocenters. The fourth-order valence-corrected chi connectivity index (χ4v) is 2.95. The number of benzene rings is 1. The first-order valence-corrected chi connectivity index (χ1v) is 8.66. The summed E-state index contributed by atoms with van der Waals surface area (Å²) < 4.78 is 32.0. The first-order valence-electron chi connectivity index (χ1n) is 7.18. The van der Waals surface area contributed by atoms with Crippen molar-refractivity contribution < 1.29 is 13.2 Å². The highest BCUT2D eigenvalue weighted by atomic mass is 32.2. The van der Waals surface area contributed by atoms with Crippen molar-refractivity contribution in [3.8, 4) is 0 Å². The van der Waals surface area contributed by atoms with Crippen LogP contribution in [0.4, 0.5) is 0 Å². The third-order valence-electron chi connectivity index (χ3n) is 3.15. The molecule has 5 nitrogen and oxygen atoms in total. The Morgan fingerprint density at radius 3 is 2.62 bits per heavy atom. The van der Waals surface area contributed by atoms with Crippen LogP contribution in [0, 0.1) is 6.92 Å². The lowest BCUT2D eigenvalue weighted by molar-refractivity contribution is 0.196. The van der Waals surface area contributed by atoms with Crippen molar-refractivity contribution in [2.24, 2.45) is 0 Å². The molecule has 1 aromatic rings. The minimum atomic E-state index is -3.45. The minimum Gasteiger partial charge on any atom is -0.385 e. The Bertz CT molecular complexity index is 542. The highest BCUT2D eigenvalue weighted by Crippen LogP contribution is 2.15. The molecule has 1 rings (SSSR count). The molecule has 0 saturated heterocycles. The van der Waals surface area contributed by atoms with E-state index in [4.69, 9.17) is 4.74 Å². The Balaban J connectivity index is 2.79. The van der Waals surface area contributed by atoms with Crippen LogP contribution in [0.2, 0.25) is 0 Å². The fourth-order valence-electron chi connectivity index (χ4n) is 1.83. The quantitative estimate of drug-likeness (QED) is 0.682. The molecule has 0 bridgehead atoms. The van der Waals surface area contributed by atoms with Gasteiger partial charge in [0.05, 0.1) is 4.90 Å². The number of methoxy groups -OCH3 is 1. The Morgan fingerprint density at radius 1 is 1.29 bits per heavy atom. The molecule has 120 valence electrons. The summed E-state index contributed by atoms with van der Waals surface area (Å²) in [6.45, 7) is 7.69. The zero-order valence-electron chi connectivity index (χ0n) is 13.3. The summed E-state index contributed by atoms with van der Waals surface area (Å²) in [5.74, 6) is 0. The maximum atomic E-state index is 12.2. The third-order valence-corrected chi connectivity index (χ3v) is 4.61. The Kier molecular flexibility index (Phi) is 7.31. The normalized spacial score (nSPS) is 12.0. The van der Waals surface area contributed by atoms with E-state index in [-0.39, 0.29) is 0 Å². The van der Waals surface area contributed by atoms with Gasteiger partial charge >= 0.3 is 0 Å². The van der Waals surface area contributed by atoms with Crippen molar-refractivity contribution in [3.63, 3.8) is 0 Å². The molecular formula is C15H26N2O3S. The van der Waals surface area contributed by atoms with Crippen molar-refractivity contribution in [2.75, 3.05) is 20.3 Å². The minimum absolute atomic E-state index is 0.311. The second-order valence-electron chi connectivity index (χ2n) is 5.37. The van der Waals surface area contributed by atoms with Crippen molar-refractivity contribution >= 4 is 10.0 Å². The molecule has 0 amide bonds. The largest absolute Gasteiger partial charge is 0.385 e. The maximum absolute atomic E-state index is 12.2. The smallest absolute Gasteiger partial charge is 0.240 e. The van der Waals surface area contributed by atoms with Crippen LogP contribution in [0.5, 0.6) is 0 Å². The molecule has 1 aromatic carbocycles. The van der Waals surface area contributed by atoms with Gasteiger partial charge in [-0.15, -0.1) is 0 Å². The van der Waals surface area contributed by atoms with E-state index in [1.807, 2.05) is 13.0 Å². The molecule has 0 unspecified atom stereocenters. The SMILES string of the molecule is COCCCNS(=O)(=O)c1ccc(C)c(CNC(C)C)c1. The third kappa shape index (κ3) is 6.13. The first kappa shape index (κ1) is 18.1. The van der Waals surface area contributed by atoms with Gasteiger partial charge in [0, 0.05) is 32.8 Å². The van der Waals surface area contributed by atoms with Gasteiger partial charge in [-0.25, -0.2) is 13.1 Å². The van der Waals surface area contributed by atoms with E-state index >= 15 is 0 Å². The summed E-state index contributed by atoms with van der Waals surface area (Å²) in [4.78, 5) is 0.311. The lowest BCUT2D eigenvalue weighted by atomic mass is 10.1. The summed E-state index contributed by atoms with van der Waals surface area (Å²) >= 11 is 0. The molecule has 0 spiro atoms. The molecule has 0 aliphatic rings. The molecule has 0 fully saturated rings. The number of hydrogen-bond acceptors (Lipinski definition) is 4. The highest BCUT2D eigenvalue weighted by molar-refractivity contribution is 7.89. The molecule has 6 heteroatoms. The van der Waals surface area contributed by atoms with Gasteiger partial charge in [0.25, 0.3) is 0 Å². The molecule has 2 N–H and O–H groups in total. The van der Waals surface area contributed by atoms with Crippen LogP contribution < -0.4 is 10.0 Å². The summed E-state index contributed by atoms with van der Waals surface area (Å²) in [5, 5.41) is 3.31. The second kappa shape index (κ2) is 8.48. The van der Waals surface area contributed by atoms with E-state index < -0.39 is 10.0 Å². The zero-order chi connectivity index (χ0) is 15.9. The summed E-state index contributed by atoms with van der Waals surface area (Å²) in [5.41, 5.74) is 2.09. The number of nitrogens with one attached hydrogen (secondary N) is 2. The van der Waals surface area contributed by atoms with Gasteiger partial charge in [0.2, 0.25) is 10.0 Å². The first-order chi connectivity index (χ1) is 9.86. The van der Waals surface area contributed by atoms with Crippen LogP contribution in [0.3, 0.4) is 0 Å². The number of rotatable bonds is 9. The molecule has 0 radical (unpaired) electrons. The summed E-state index contributed by atoms with van der Waals surface area (Å²) in [6.07, 6.45) is 0.656. The van der Waals surface area contributed by atoms with Gasteiger partial charge in [0.15, 0.2) is 0 Å². The van der Waals surface area contributed by atoms with Crippen LogP contribution >= 0.6 is 0 Å². The van der Waals surface area contributed by atoms with Gasteiger partial charge in [-0.2, -0.15) is 0 Å². The van der Waals surface area contributed by atoms with Crippen molar-refractivity contribution in [2.45, 2.75) is 44.7 Å². The standard InChI is InChI=1S/C15H26N2O3S/c1-12(2)16-11-14-10-15(7-6-13(14)3)21(18,19)17-8-5-9-20-4/h6-7,10,12,16-17H,5,8-9,11H2,1-4H3. The van der Waals surface area contributed by atoms with E-state index in [2.05, 4.69) is 23.9 Å². The number of ether oxygens (including phenoxy) is 1. The number of hydrogen-bond donors (Lipinski definition) is 2. The van der Waals surface area contributed by atoms with Crippen molar-refractivity contribution in [1.29, 1.82) is 0 Å². The predicted octanol–water partition coefficient (Wildman–Crippen LogP) is 1.81. The Morgan fingerprint density at radius 2 is 2.00 bits per heavy atom. The second-order valence-corrected chi connectivity index (χ2v) is 7.13. The van der Waals surface area contributed by atoms with E-state index in [0.717, 1.165) is 11.1 Å². The van der Waals surface area contributed by atoms with Crippen LogP contribution in [0.1, 0.15) is 31.4 Å². The van der Waals surface area contributed by atoms with Crippen LogP contribution in [-0.2, 0) is 21.3 Å². The molecule has 0 aromatic heterocycles. The van der Waals surface area contributed by atoms with Gasteiger partial charge in [-0.1, -0.05) is 19.9 Å². The Labute approximate surface area is 128 Å². The van der Waals surface area contributed by atoms with E-state index in [1.165, 1.54) is 0 Å². The number of sulfonamides is 1. The molecular weight excluding hydrogens is 288 g/mol. The Hall–Kier alpha value is -0.950. The van der Waals surface area contributed by atoms with Gasteiger partial charge < -0.3 is 10.1 Å². The highest BCUT2D eigenvalue weighted by Gasteiger charge is 2.14. The lowest BCUT2D eigenvalue weighted by Gasteiger charge is -2.13. The van der Waals surface area contributed by atoms with Crippen molar-refractivity contribution in [1.82, 2.24) is 10.0 Å². The molecule has 0 aliphatic carbocycles. The van der Waals surface area contributed by atoms with E-state index in [0.29, 0.717) is 37.1 Å². The van der Waals surface area contributed by atoms with E-state index in [9.17, 15) is 8.42 Å². The van der Waals surface area contributed by atoms with Crippen LogP contribution in [-0.4, -0.2) is 34.7 Å². The lowest BCUT2D eigenvalue weighted by Crippen LogP contribution is -2.26. The van der Waals surface area contributed by atoms with Crippen LogP contribution in [0.15, 0.2) is 23.1 Å². The van der Waals surface area contributed by atoms with Gasteiger partial charge in [-0.05, 0) is 36.6 Å². The summed E-state index contributed by atoms with van der Waals surface area (Å²) in [6, 6.07) is 5.59. The molecule has 0 aliphatic heterocycles. The average molecular weight is 314 g/mol. The average Bonchev–Trinajstić information content (AvgIpc) is 2.42. The van der Waals surface area contributed by atoms with Crippen LogP contribution in [0.25, 0.3) is 0 Å². The van der Waals surface area contributed by atoms with E-state index in [1.54, 1.807) is 19.2 Å². The predicted molar refractivity (Wildman–Crippen MR) is 84.8 cm³/mol. The van der Waals surface area contributed by atoms with Gasteiger partial charge in [-0.3, -0.25) is 0 Å². The topological polar surface area (TPSA) is 67.4 Å². The summed E-state index contributed by atoms with van der Waals surface area (Å²) in [7, 11) is -1.85. The fraction of sp³-hybridized carbons (Fsp3) is 0.600. The van der Waals surface area contributed by atoms with Gasteiger partial charge in [0.1, 0.15) is 0 Å². The monoisotopic (exact) mass is 314 g/mol. The number of aryl methyl sites for hydroxylation is 1. The molecule has 21 heavy (non-hydrogen) atoms. The molecule has 0 heterocycles. The van der Waals surface area contributed by atoms with Crippen molar-refractivity contribution in [3.05, 3.63) is 29.3 Å². The maximum Gasteiger partial charge on any atom is 0.240 e. The zero-order valence-corrected chi connectivity index (χ0v) is 14.1. The molecule has 0 saturated carbocycles.